The number of rotatable bonds is 3. The van der Waals surface area contributed by atoms with Crippen molar-refractivity contribution in [2.75, 3.05) is 0 Å². The number of thiophene rings is 1. The molecule has 0 aliphatic rings. The topological polar surface area (TPSA) is 43.4 Å². The smallest absolute Gasteiger partial charge is 0.293 e. The summed E-state index contributed by atoms with van der Waals surface area (Å²) >= 11 is 1.20. The van der Waals surface area contributed by atoms with E-state index in [1.807, 2.05) is 0 Å². The Morgan fingerprint density at radius 3 is 2.83 bits per heavy atom. The van der Waals surface area contributed by atoms with Gasteiger partial charge in [0.2, 0.25) is 0 Å². The van der Waals surface area contributed by atoms with E-state index in [1.54, 1.807) is 17.5 Å². The maximum Gasteiger partial charge on any atom is 0.356 e. The lowest BCUT2D eigenvalue weighted by molar-refractivity contribution is -0.182. The zero-order valence-corrected chi connectivity index (χ0v) is 6.77. The minimum atomic E-state index is -1.16. The third kappa shape index (κ3) is 2.13. The van der Waals surface area contributed by atoms with Crippen molar-refractivity contribution in [2.45, 2.75) is 6.42 Å². The molecule has 0 bridgehead atoms. The van der Waals surface area contributed by atoms with Crippen molar-refractivity contribution in [1.82, 2.24) is 0 Å². The Morgan fingerprint density at radius 2 is 2.33 bits per heavy atom. The maximum atomic E-state index is 11.2. The highest BCUT2D eigenvalue weighted by atomic mass is 32.1. The average molecular weight is 188 g/mol. The molecule has 0 saturated heterocycles. The van der Waals surface area contributed by atoms with Crippen molar-refractivity contribution in [1.29, 1.82) is 0 Å². The van der Waals surface area contributed by atoms with Crippen molar-refractivity contribution in [3.05, 3.63) is 22.4 Å². The van der Waals surface area contributed by atoms with E-state index in [-0.39, 0.29) is 0 Å². The number of carbonyl (C=O) groups excluding carboxylic acids is 2. The van der Waals surface area contributed by atoms with Gasteiger partial charge in [0.05, 0.1) is 4.88 Å². The first-order valence-corrected chi connectivity index (χ1v) is 4.00. The number of Topliss-reactive ketones (excluding diaryl/α,β-unsaturated/α-hetero) is 1. The quantitative estimate of drug-likeness (QED) is 0.536. The molecule has 0 saturated carbocycles. The predicted molar refractivity (Wildman–Crippen MR) is 40.5 cm³/mol. The molecule has 0 spiro atoms. The van der Waals surface area contributed by atoms with Crippen LogP contribution in [-0.2, 0) is 9.74 Å². The van der Waals surface area contributed by atoms with E-state index in [0.717, 1.165) is 0 Å². The Morgan fingerprint density at radius 1 is 1.58 bits per heavy atom. The van der Waals surface area contributed by atoms with Gasteiger partial charge in [-0.15, -0.1) is 11.3 Å². The fourth-order valence-electron chi connectivity index (χ4n) is 0.683. The molecule has 0 fully saturated rings. The number of halogens is 1. The van der Waals surface area contributed by atoms with E-state index < -0.39 is 18.2 Å². The SMILES string of the molecule is O=C(CC(=O)c1cccs1)OF. The highest BCUT2D eigenvalue weighted by molar-refractivity contribution is 7.12. The van der Waals surface area contributed by atoms with Crippen LogP contribution in [0.5, 0.6) is 0 Å². The van der Waals surface area contributed by atoms with E-state index in [1.165, 1.54) is 11.3 Å². The van der Waals surface area contributed by atoms with Gasteiger partial charge in [0, 0.05) is 4.53 Å². The summed E-state index contributed by atoms with van der Waals surface area (Å²) in [6, 6.07) is 3.25. The summed E-state index contributed by atoms with van der Waals surface area (Å²) in [5.74, 6) is -1.58. The average Bonchev–Trinajstić information content (AvgIpc) is 2.56. The highest BCUT2D eigenvalue weighted by Gasteiger charge is 2.13. The molecule has 0 aliphatic carbocycles. The van der Waals surface area contributed by atoms with Gasteiger partial charge in [0.25, 0.3) is 0 Å². The van der Waals surface area contributed by atoms with Gasteiger partial charge in [0.15, 0.2) is 5.78 Å². The molecular weight excluding hydrogens is 183 g/mol. The molecule has 5 heteroatoms. The van der Waals surface area contributed by atoms with Gasteiger partial charge in [-0.05, 0) is 11.4 Å². The van der Waals surface area contributed by atoms with Gasteiger partial charge in [-0.2, -0.15) is 0 Å². The second-order valence-corrected chi connectivity index (χ2v) is 2.97. The molecular formula is C7H5FO3S. The van der Waals surface area contributed by atoms with Crippen molar-refractivity contribution in [3.8, 4) is 0 Å². The van der Waals surface area contributed by atoms with Crippen LogP contribution in [0.25, 0.3) is 0 Å². The fraction of sp³-hybridized carbons (Fsp3) is 0.143. The van der Waals surface area contributed by atoms with Gasteiger partial charge < -0.3 is 0 Å². The van der Waals surface area contributed by atoms with E-state index in [4.69, 9.17) is 0 Å². The monoisotopic (exact) mass is 188 g/mol. The fourth-order valence-corrected chi connectivity index (χ4v) is 1.35. The molecule has 0 aliphatic heterocycles. The van der Waals surface area contributed by atoms with E-state index in [2.05, 4.69) is 4.94 Å². The maximum absolute atomic E-state index is 11.2. The largest absolute Gasteiger partial charge is 0.356 e. The number of ketones is 1. The molecule has 1 heterocycles. The molecule has 0 aromatic carbocycles. The molecule has 1 aromatic rings. The lowest BCUT2D eigenvalue weighted by Gasteiger charge is -1.91. The zero-order chi connectivity index (χ0) is 8.97. The molecule has 1 aromatic heterocycles. The molecule has 3 nitrogen and oxygen atoms in total. The first kappa shape index (κ1) is 8.86. The van der Waals surface area contributed by atoms with Crippen LogP contribution in [0.15, 0.2) is 17.5 Å². The summed E-state index contributed by atoms with van der Waals surface area (Å²) in [6.45, 7) is 0. The Hall–Kier alpha value is -1.23. The van der Waals surface area contributed by atoms with Crippen LogP contribution in [-0.4, -0.2) is 11.8 Å². The number of hydrogen-bond acceptors (Lipinski definition) is 4. The number of carbonyl (C=O) groups is 2. The van der Waals surface area contributed by atoms with Crippen LogP contribution in [0, 0.1) is 0 Å². The summed E-state index contributed by atoms with van der Waals surface area (Å²) in [6.07, 6.45) is -0.545. The first-order chi connectivity index (χ1) is 5.74. The van der Waals surface area contributed by atoms with Crippen LogP contribution >= 0.6 is 11.3 Å². The molecule has 0 N–H and O–H groups in total. The summed E-state index contributed by atoms with van der Waals surface area (Å²) in [5, 5.41) is 1.70. The third-order valence-corrected chi connectivity index (χ3v) is 2.10. The van der Waals surface area contributed by atoms with Crippen LogP contribution in [0.4, 0.5) is 4.53 Å². The minimum Gasteiger partial charge on any atom is -0.293 e. The van der Waals surface area contributed by atoms with Crippen LogP contribution < -0.4 is 0 Å². The van der Waals surface area contributed by atoms with Gasteiger partial charge in [-0.25, -0.2) is 4.79 Å². The van der Waals surface area contributed by atoms with Crippen molar-refractivity contribution in [3.63, 3.8) is 0 Å². The Labute approximate surface area is 71.7 Å². The Bertz CT molecular complexity index is 281. The lowest BCUT2D eigenvalue weighted by atomic mass is 10.2. The standard InChI is InChI=1S/C7H5FO3S/c8-11-7(10)4-5(9)6-2-1-3-12-6/h1-3H,4H2. The van der Waals surface area contributed by atoms with E-state index in [9.17, 15) is 14.1 Å². The zero-order valence-electron chi connectivity index (χ0n) is 5.95. The van der Waals surface area contributed by atoms with E-state index in [0.29, 0.717) is 4.88 Å². The van der Waals surface area contributed by atoms with Gasteiger partial charge >= 0.3 is 5.97 Å². The Kier molecular flexibility index (Phi) is 2.93. The predicted octanol–water partition coefficient (Wildman–Crippen LogP) is 1.75. The second-order valence-electron chi connectivity index (χ2n) is 2.03. The normalized spacial score (nSPS) is 9.42. The molecule has 0 atom stereocenters. The van der Waals surface area contributed by atoms with Gasteiger partial charge in [0.1, 0.15) is 6.42 Å². The van der Waals surface area contributed by atoms with Crippen molar-refractivity contribution in [2.24, 2.45) is 0 Å². The van der Waals surface area contributed by atoms with Crippen molar-refractivity contribution < 1.29 is 19.1 Å². The third-order valence-electron chi connectivity index (χ3n) is 1.19. The molecule has 0 radical (unpaired) electrons. The Balaban J connectivity index is 2.56. The van der Waals surface area contributed by atoms with Crippen LogP contribution in [0.1, 0.15) is 16.1 Å². The first-order valence-electron chi connectivity index (χ1n) is 3.12. The summed E-state index contributed by atoms with van der Waals surface area (Å²) in [4.78, 5) is 24.6. The highest BCUT2D eigenvalue weighted by Crippen LogP contribution is 2.11. The summed E-state index contributed by atoms with van der Waals surface area (Å²) < 4.78 is 11.2. The minimum absolute atomic E-state index is 0.423. The van der Waals surface area contributed by atoms with Gasteiger partial charge in [-0.3, -0.25) is 9.74 Å². The van der Waals surface area contributed by atoms with Gasteiger partial charge in [-0.1, -0.05) is 6.07 Å². The molecule has 0 unspecified atom stereocenters. The molecule has 64 valence electrons. The van der Waals surface area contributed by atoms with Crippen LogP contribution in [0.3, 0.4) is 0 Å². The van der Waals surface area contributed by atoms with Crippen LogP contribution in [0.2, 0.25) is 0 Å². The number of hydrogen-bond donors (Lipinski definition) is 0. The molecule has 12 heavy (non-hydrogen) atoms. The molecule has 1 rings (SSSR count). The molecule has 0 amide bonds. The summed E-state index contributed by atoms with van der Waals surface area (Å²) in [5.41, 5.74) is 0. The lowest BCUT2D eigenvalue weighted by Crippen LogP contribution is -2.06. The van der Waals surface area contributed by atoms with E-state index >= 15 is 0 Å². The second kappa shape index (κ2) is 3.96. The summed E-state index contributed by atoms with van der Waals surface area (Å²) in [7, 11) is 0. The van der Waals surface area contributed by atoms with Crippen molar-refractivity contribution >= 4 is 23.1 Å².